The quantitative estimate of drug-likeness (QED) is 0.830. The van der Waals surface area contributed by atoms with E-state index in [1.807, 2.05) is 6.07 Å². The third-order valence-electron chi connectivity index (χ3n) is 3.44. The van der Waals surface area contributed by atoms with Crippen LogP contribution in [-0.4, -0.2) is 5.78 Å². The normalized spacial score (nSPS) is 16.7. The van der Waals surface area contributed by atoms with Crippen LogP contribution in [0, 0.1) is 23.1 Å². The number of rotatable bonds is 4. The van der Waals surface area contributed by atoms with Crippen LogP contribution in [0.1, 0.15) is 37.2 Å². The van der Waals surface area contributed by atoms with Crippen molar-refractivity contribution in [3.8, 4) is 6.07 Å². The molecule has 2 nitrogen and oxygen atoms in total. The molecule has 94 valence electrons. The van der Waals surface area contributed by atoms with Crippen LogP contribution in [0.4, 0.5) is 4.39 Å². The second kappa shape index (κ2) is 5.49. The Morgan fingerprint density at radius 3 is 2.78 bits per heavy atom. The molecule has 0 amide bonds. The van der Waals surface area contributed by atoms with Gasteiger partial charge in [0.05, 0.1) is 6.07 Å². The van der Waals surface area contributed by atoms with Crippen LogP contribution in [-0.2, 0) is 4.79 Å². The SMILES string of the molecule is N#CC(C(=O)CC1CCC1)c1ccc(F)cc1Cl. The molecule has 0 aromatic heterocycles. The number of carbonyl (C=O) groups excluding carboxylic acids is 1. The first-order chi connectivity index (χ1) is 8.61. The van der Waals surface area contributed by atoms with Gasteiger partial charge in [0.1, 0.15) is 11.7 Å². The molecule has 1 aromatic rings. The van der Waals surface area contributed by atoms with Crippen LogP contribution >= 0.6 is 11.6 Å². The molecule has 0 N–H and O–H groups in total. The summed E-state index contributed by atoms with van der Waals surface area (Å²) in [6.07, 6.45) is 3.69. The van der Waals surface area contributed by atoms with E-state index in [4.69, 9.17) is 16.9 Å². The summed E-state index contributed by atoms with van der Waals surface area (Å²) < 4.78 is 12.9. The standard InChI is InChI=1S/C14H13ClFNO/c15-13-7-10(16)4-5-11(13)12(8-17)14(18)6-9-2-1-3-9/h4-5,7,9,12H,1-3,6H2. The molecule has 1 aliphatic carbocycles. The number of carbonyl (C=O) groups is 1. The van der Waals surface area contributed by atoms with Crippen molar-refractivity contribution in [2.75, 3.05) is 0 Å². The van der Waals surface area contributed by atoms with Gasteiger partial charge in [-0.2, -0.15) is 5.26 Å². The van der Waals surface area contributed by atoms with Gasteiger partial charge in [-0.1, -0.05) is 36.9 Å². The molecule has 0 saturated heterocycles. The molecular weight excluding hydrogens is 253 g/mol. The van der Waals surface area contributed by atoms with E-state index in [1.165, 1.54) is 12.1 Å². The summed E-state index contributed by atoms with van der Waals surface area (Å²) in [5, 5.41) is 9.27. The number of Topliss-reactive ketones (excluding diaryl/α,β-unsaturated/α-hetero) is 1. The summed E-state index contributed by atoms with van der Waals surface area (Å²) in [6, 6.07) is 5.76. The first kappa shape index (κ1) is 13.0. The summed E-state index contributed by atoms with van der Waals surface area (Å²) in [4.78, 5) is 12.0. The van der Waals surface area contributed by atoms with Crippen molar-refractivity contribution < 1.29 is 9.18 Å². The predicted molar refractivity (Wildman–Crippen MR) is 66.7 cm³/mol. The van der Waals surface area contributed by atoms with Crippen molar-refractivity contribution in [2.24, 2.45) is 5.92 Å². The first-order valence-corrected chi connectivity index (χ1v) is 6.37. The summed E-state index contributed by atoms with van der Waals surface area (Å²) in [6.45, 7) is 0. The smallest absolute Gasteiger partial charge is 0.154 e. The molecule has 1 aliphatic rings. The maximum absolute atomic E-state index is 12.9. The molecule has 1 atom stereocenters. The van der Waals surface area contributed by atoms with Gasteiger partial charge in [0.25, 0.3) is 0 Å². The first-order valence-electron chi connectivity index (χ1n) is 5.99. The monoisotopic (exact) mass is 265 g/mol. The average Bonchev–Trinajstić information content (AvgIpc) is 2.27. The van der Waals surface area contributed by atoms with Crippen molar-refractivity contribution in [3.05, 3.63) is 34.6 Å². The molecule has 0 aliphatic heterocycles. The highest BCUT2D eigenvalue weighted by molar-refractivity contribution is 6.31. The highest BCUT2D eigenvalue weighted by atomic mass is 35.5. The molecule has 2 rings (SSSR count). The summed E-state index contributed by atoms with van der Waals surface area (Å²) in [5.74, 6) is -1.05. The number of nitriles is 1. The molecule has 0 radical (unpaired) electrons. The second-order valence-corrected chi connectivity index (χ2v) is 5.10. The Morgan fingerprint density at radius 1 is 1.56 bits per heavy atom. The maximum atomic E-state index is 12.9. The van der Waals surface area contributed by atoms with E-state index >= 15 is 0 Å². The van der Waals surface area contributed by atoms with Gasteiger partial charge in [-0.3, -0.25) is 4.79 Å². The minimum atomic E-state index is -0.876. The molecule has 0 heterocycles. The summed E-state index contributed by atoms with van der Waals surface area (Å²) in [5.41, 5.74) is 0.407. The van der Waals surface area contributed by atoms with Crippen LogP contribution in [0.3, 0.4) is 0 Å². The fraction of sp³-hybridized carbons (Fsp3) is 0.429. The Kier molecular flexibility index (Phi) is 3.98. The lowest BCUT2D eigenvalue weighted by Crippen LogP contribution is -2.20. The van der Waals surface area contributed by atoms with E-state index in [1.54, 1.807) is 0 Å². The Hall–Kier alpha value is -1.40. The Labute approximate surface area is 110 Å². The number of hydrogen-bond donors (Lipinski definition) is 0. The molecule has 4 heteroatoms. The summed E-state index contributed by atoms with van der Waals surface area (Å²) in [7, 11) is 0. The van der Waals surface area contributed by atoms with Crippen molar-refractivity contribution >= 4 is 17.4 Å². The lowest BCUT2D eigenvalue weighted by molar-refractivity contribution is -0.120. The highest BCUT2D eigenvalue weighted by Crippen LogP contribution is 2.33. The van der Waals surface area contributed by atoms with Crippen molar-refractivity contribution in [3.63, 3.8) is 0 Å². The number of benzene rings is 1. The van der Waals surface area contributed by atoms with E-state index < -0.39 is 11.7 Å². The number of halogens is 2. The van der Waals surface area contributed by atoms with Gasteiger partial charge < -0.3 is 0 Å². The summed E-state index contributed by atoms with van der Waals surface area (Å²) >= 11 is 5.89. The van der Waals surface area contributed by atoms with Gasteiger partial charge in [0.15, 0.2) is 5.78 Å². The molecule has 1 saturated carbocycles. The van der Waals surface area contributed by atoms with Crippen LogP contribution in [0.15, 0.2) is 18.2 Å². The van der Waals surface area contributed by atoms with Gasteiger partial charge >= 0.3 is 0 Å². The molecule has 0 spiro atoms. The Balaban J connectivity index is 2.16. The number of hydrogen-bond acceptors (Lipinski definition) is 2. The average molecular weight is 266 g/mol. The molecule has 18 heavy (non-hydrogen) atoms. The maximum Gasteiger partial charge on any atom is 0.154 e. The fourth-order valence-corrected chi connectivity index (χ4v) is 2.43. The molecule has 1 unspecified atom stereocenters. The van der Waals surface area contributed by atoms with Gasteiger partial charge in [-0.05, 0) is 23.6 Å². The minimum absolute atomic E-state index is 0.115. The number of nitrogens with zero attached hydrogens (tertiary/aromatic N) is 1. The van der Waals surface area contributed by atoms with Crippen LogP contribution in [0.2, 0.25) is 5.02 Å². The third kappa shape index (κ3) is 2.70. The molecule has 0 bridgehead atoms. The van der Waals surface area contributed by atoms with Crippen LogP contribution in [0.5, 0.6) is 0 Å². The zero-order chi connectivity index (χ0) is 13.1. The Morgan fingerprint density at radius 2 is 2.28 bits per heavy atom. The minimum Gasteiger partial charge on any atom is -0.298 e. The largest absolute Gasteiger partial charge is 0.298 e. The third-order valence-corrected chi connectivity index (χ3v) is 3.77. The van der Waals surface area contributed by atoms with Crippen molar-refractivity contribution in [1.29, 1.82) is 5.26 Å². The van der Waals surface area contributed by atoms with Crippen molar-refractivity contribution in [1.82, 2.24) is 0 Å². The van der Waals surface area contributed by atoms with E-state index in [0.29, 0.717) is 17.9 Å². The molecule has 1 aromatic carbocycles. The van der Waals surface area contributed by atoms with Crippen LogP contribution in [0.25, 0.3) is 0 Å². The topological polar surface area (TPSA) is 40.9 Å². The van der Waals surface area contributed by atoms with E-state index in [-0.39, 0.29) is 10.8 Å². The Bertz CT molecular complexity index is 505. The number of ketones is 1. The van der Waals surface area contributed by atoms with Gasteiger partial charge in [0, 0.05) is 11.4 Å². The van der Waals surface area contributed by atoms with E-state index in [0.717, 1.165) is 25.3 Å². The highest BCUT2D eigenvalue weighted by Gasteiger charge is 2.27. The van der Waals surface area contributed by atoms with Crippen LogP contribution < -0.4 is 0 Å². The molecular formula is C14H13ClFNO. The van der Waals surface area contributed by atoms with Gasteiger partial charge in [-0.15, -0.1) is 0 Å². The fourth-order valence-electron chi connectivity index (χ4n) is 2.15. The molecule has 1 fully saturated rings. The predicted octanol–water partition coefficient (Wildman–Crippen LogP) is 3.85. The lowest BCUT2D eigenvalue weighted by Gasteiger charge is -2.25. The zero-order valence-corrected chi connectivity index (χ0v) is 10.6. The van der Waals surface area contributed by atoms with Gasteiger partial charge in [0.2, 0.25) is 0 Å². The van der Waals surface area contributed by atoms with E-state index in [9.17, 15) is 9.18 Å². The van der Waals surface area contributed by atoms with Crippen molar-refractivity contribution in [2.45, 2.75) is 31.6 Å². The van der Waals surface area contributed by atoms with E-state index in [2.05, 4.69) is 0 Å². The second-order valence-electron chi connectivity index (χ2n) is 4.70. The lowest BCUT2D eigenvalue weighted by atomic mass is 9.79. The van der Waals surface area contributed by atoms with Gasteiger partial charge in [-0.25, -0.2) is 4.39 Å². The zero-order valence-electron chi connectivity index (χ0n) is 9.83.